The minimum absolute atomic E-state index is 0.0408. The van der Waals surface area contributed by atoms with E-state index in [1.54, 1.807) is 6.20 Å². The lowest BCUT2D eigenvalue weighted by atomic mass is 9.74. The zero-order valence-electron chi connectivity index (χ0n) is 18.1. The Hall–Kier alpha value is -2.23. The zero-order chi connectivity index (χ0) is 21.5. The molecule has 2 heterocycles. The van der Waals surface area contributed by atoms with E-state index in [9.17, 15) is 4.79 Å². The number of nitrogens with one attached hydrogen (secondary N) is 1. The fourth-order valence-electron chi connectivity index (χ4n) is 5.23. The van der Waals surface area contributed by atoms with Crippen molar-refractivity contribution in [2.75, 3.05) is 0 Å². The second-order valence-electron chi connectivity index (χ2n) is 9.93. The van der Waals surface area contributed by atoms with Crippen LogP contribution < -0.4 is 5.32 Å². The van der Waals surface area contributed by atoms with Gasteiger partial charge in [-0.1, -0.05) is 35.9 Å². The molecule has 30 heavy (non-hydrogen) atoms. The number of fused-ring (bicyclic) bond motifs is 1. The zero-order valence-corrected chi connectivity index (χ0v) is 18.9. The lowest BCUT2D eigenvalue weighted by molar-refractivity contribution is 0.0864. The number of aromatic nitrogens is 1. The van der Waals surface area contributed by atoms with E-state index < -0.39 is 0 Å². The van der Waals surface area contributed by atoms with Crippen LogP contribution in [0.25, 0.3) is 21.9 Å². The number of piperidine rings is 1. The first-order valence-corrected chi connectivity index (χ1v) is 11.0. The molecule has 3 aromatic rings. The highest BCUT2D eigenvalue weighted by atomic mass is 35.5. The van der Waals surface area contributed by atoms with Crippen LogP contribution in [-0.4, -0.2) is 21.8 Å². The molecule has 1 aliphatic rings. The van der Waals surface area contributed by atoms with Crippen LogP contribution in [0, 0.1) is 5.92 Å². The average Bonchev–Trinajstić information content (AvgIpc) is 2.65. The van der Waals surface area contributed by atoms with Gasteiger partial charge in [-0.05, 0) is 75.6 Å². The highest BCUT2D eigenvalue weighted by Crippen LogP contribution is 2.36. The van der Waals surface area contributed by atoms with E-state index in [1.807, 2.05) is 30.5 Å². The SMILES string of the molecule is CC1(C)CC(CC(=O)c2ccc(-c3ccc4ccncc4c3)c(Cl)c2)CC(C)(C)N1. The molecule has 0 spiro atoms. The van der Waals surface area contributed by atoms with Crippen molar-refractivity contribution in [3.05, 3.63) is 65.4 Å². The molecule has 1 fully saturated rings. The van der Waals surface area contributed by atoms with Crippen LogP contribution in [0.5, 0.6) is 0 Å². The molecule has 1 aliphatic heterocycles. The molecule has 4 heteroatoms. The van der Waals surface area contributed by atoms with Gasteiger partial charge in [0, 0.05) is 51.4 Å². The maximum atomic E-state index is 13.0. The summed E-state index contributed by atoms with van der Waals surface area (Å²) in [6.45, 7) is 8.87. The Morgan fingerprint density at radius 2 is 1.77 bits per heavy atom. The molecule has 0 radical (unpaired) electrons. The molecule has 0 amide bonds. The molecule has 1 aromatic heterocycles. The maximum absolute atomic E-state index is 13.0. The third-order valence-electron chi connectivity index (χ3n) is 5.99. The number of Topliss-reactive ketones (excluding diaryl/α,β-unsaturated/α-hetero) is 1. The summed E-state index contributed by atoms with van der Waals surface area (Å²) in [6, 6.07) is 13.9. The van der Waals surface area contributed by atoms with E-state index in [-0.39, 0.29) is 16.9 Å². The summed E-state index contributed by atoms with van der Waals surface area (Å²) in [5.74, 6) is 0.542. The summed E-state index contributed by atoms with van der Waals surface area (Å²) in [4.78, 5) is 17.2. The van der Waals surface area contributed by atoms with Crippen molar-refractivity contribution in [1.82, 2.24) is 10.3 Å². The van der Waals surface area contributed by atoms with E-state index in [0.29, 0.717) is 22.9 Å². The third-order valence-corrected chi connectivity index (χ3v) is 6.30. The van der Waals surface area contributed by atoms with Crippen molar-refractivity contribution in [2.45, 2.75) is 58.0 Å². The molecule has 0 saturated carbocycles. The highest BCUT2D eigenvalue weighted by Gasteiger charge is 2.38. The van der Waals surface area contributed by atoms with Gasteiger partial charge >= 0.3 is 0 Å². The first kappa shape index (κ1) is 21.0. The molecule has 0 bridgehead atoms. The quantitative estimate of drug-likeness (QED) is 0.478. The van der Waals surface area contributed by atoms with E-state index in [2.05, 4.69) is 56.2 Å². The molecule has 156 valence electrons. The van der Waals surface area contributed by atoms with Gasteiger partial charge in [0.2, 0.25) is 0 Å². The monoisotopic (exact) mass is 420 g/mol. The van der Waals surface area contributed by atoms with Gasteiger partial charge in [-0.25, -0.2) is 0 Å². The van der Waals surface area contributed by atoms with Gasteiger partial charge in [0.15, 0.2) is 5.78 Å². The number of benzene rings is 2. The van der Waals surface area contributed by atoms with Crippen molar-refractivity contribution in [2.24, 2.45) is 5.92 Å². The molecule has 3 nitrogen and oxygen atoms in total. The number of pyridine rings is 1. The van der Waals surface area contributed by atoms with Crippen LogP contribution in [0.4, 0.5) is 0 Å². The summed E-state index contributed by atoms with van der Waals surface area (Å²) in [5, 5.41) is 6.51. The molecule has 1 N–H and O–H groups in total. The van der Waals surface area contributed by atoms with Gasteiger partial charge in [-0.2, -0.15) is 0 Å². The lowest BCUT2D eigenvalue weighted by Crippen LogP contribution is -2.57. The molecular formula is C26H29ClN2O. The summed E-state index contributed by atoms with van der Waals surface area (Å²) in [6.07, 6.45) is 6.21. The van der Waals surface area contributed by atoms with Crippen molar-refractivity contribution in [3.8, 4) is 11.1 Å². The number of nitrogens with zero attached hydrogens (tertiary/aromatic N) is 1. The summed E-state index contributed by atoms with van der Waals surface area (Å²) in [5.41, 5.74) is 2.74. The van der Waals surface area contributed by atoms with Crippen LogP contribution in [0.15, 0.2) is 54.9 Å². The van der Waals surface area contributed by atoms with Gasteiger partial charge < -0.3 is 5.32 Å². The second kappa shape index (κ2) is 7.79. The van der Waals surface area contributed by atoms with E-state index in [4.69, 9.17) is 11.6 Å². The van der Waals surface area contributed by atoms with Crippen LogP contribution in [0.1, 0.15) is 57.3 Å². The molecule has 1 saturated heterocycles. The van der Waals surface area contributed by atoms with Gasteiger partial charge in [0.05, 0.1) is 0 Å². The minimum Gasteiger partial charge on any atom is -0.307 e. The van der Waals surface area contributed by atoms with Gasteiger partial charge in [0.25, 0.3) is 0 Å². The third kappa shape index (κ3) is 4.58. The largest absolute Gasteiger partial charge is 0.307 e. The summed E-state index contributed by atoms with van der Waals surface area (Å²) in [7, 11) is 0. The second-order valence-corrected chi connectivity index (χ2v) is 10.3. The van der Waals surface area contributed by atoms with Gasteiger partial charge in [0.1, 0.15) is 0 Å². The smallest absolute Gasteiger partial charge is 0.163 e. The Morgan fingerprint density at radius 1 is 1.03 bits per heavy atom. The first-order chi connectivity index (χ1) is 14.1. The number of carbonyl (C=O) groups is 1. The number of hydrogen-bond acceptors (Lipinski definition) is 3. The Balaban J connectivity index is 1.54. The number of ketones is 1. The number of halogens is 1. The molecule has 2 aromatic carbocycles. The van der Waals surface area contributed by atoms with E-state index in [0.717, 1.165) is 34.7 Å². The normalized spacial score (nSPS) is 18.4. The van der Waals surface area contributed by atoms with Crippen LogP contribution in [0.3, 0.4) is 0 Å². The Bertz CT molecular complexity index is 1090. The van der Waals surface area contributed by atoms with E-state index in [1.165, 1.54) is 0 Å². The Labute approximate surface area is 183 Å². The summed E-state index contributed by atoms with van der Waals surface area (Å²) >= 11 is 6.61. The molecule has 0 atom stereocenters. The molecule has 0 aliphatic carbocycles. The van der Waals surface area contributed by atoms with E-state index >= 15 is 0 Å². The van der Waals surface area contributed by atoms with Gasteiger partial charge in [-0.15, -0.1) is 0 Å². The standard InChI is InChI=1S/C26H29ClN2O/c1-25(2)14-17(15-26(3,4)29-25)11-24(30)20-7-8-22(23(27)13-20)19-6-5-18-9-10-28-16-21(18)12-19/h5-10,12-13,16-17,29H,11,14-15H2,1-4H3. The fourth-order valence-corrected chi connectivity index (χ4v) is 5.52. The molecule has 0 unspecified atom stereocenters. The molecular weight excluding hydrogens is 392 g/mol. The van der Waals surface area contributed by atoms with Crippen molar-refractivity contribution in [1.29, 1.82) is 0 Å². The Morgan fingerprint density at radius 3 is 2.47 bits per heavy atom. The van der Waals surface area contributed by atoms with Crippen molar-refractivity contribution >= 4 is 28.2 Å². The van der Waals surface area contributed by atoms with Crippen LogP contribution in [-0.2, 0) is 0 Å². The number of hydrogen-bond donors (Lipinski definition) is 1. The highest BCUT2D eigenvalue weighted by molar-refractivity contribution is 6.33. The van der Waals surface area contributed by atoms with Crippen molar-refractivity contribution in [3.63, 3.8) is 0 Å². The topological polar surface area (TPSA) is 42.0 Å². The first-order valence-electron chi connectivity index (χ1n) is 10.6. The minimum atomic E-state index is 0.0408. The van der Waals surface area contributed by atoms with Crippen LogP contribution >= 0.6 is 11.6 Å². The predicted octanol–water partition coefficient (Wildman–Crippen LogP) is 6.68. The predicted molar refractivity (Wildman–Crippen MR) is 125 cm³/mol. The number of rotatable bonds is 4. The van der Waals surface area contributed by atoms with Crippen molar-refractivity contribution < 1.29 is 4.79 Å². The van der Waals surface area contributed by atoms with Gasteiger partial charge in [-0.3, -0.25) is 9.78 Å². The summed E-state index contributed by atoms with van der Waals surface area (Å²) < 4.78 is 0. The lowest BCUT2D eigenvalue weighted by Gasteiger charge is -2.46. The maximum Gasteiger partial charge on any atom is 0.163 e. The van der Waals surface area contributed by atoms with Crippen LogP contribution in [0.2, 0.25) is 5.02 Å². The molecule has 4 rings (SSSR count). The number of carbonyl (C=O) groups excluding carboxylic acids is 1. The Kier molecular flexibility index (Phi) is 5.46. The average molecular weight is 421 g/mol. The fraction of sp³-hybridized carbons (Fsp3) is 0.385.